The van der Waals surface area contributed by atoms with Crippen molar-refractivity contribution in [2.45, 2.75) is 6.61 Å². The molecule has 1 aliphatic heterocycles. The minimum atomic E-state index is -1.20. The van der Waals surface area contributed by atoms with Crippen LogP contribution < -0.4 is 20.5 Å². The largest absolute Gasteiger partial charge is 0.496 e. The second kappa shape index (κ2) is 11.1. The lowest BCUT2D eigenvalue weighted by molar-refractivity contribution is 0.0697. The van der Waals surface area contributed by atoms with Gasteiger partial charge in [0, 0.05) is 38.8 Å². The number of hydrogen-bond acceptors (Lipinski definition) is 7. The van der Waals surface area contributed by atoms with E-state index >= 15 is 0 Å². The lowest BCUT2D eigenvalue weighted by atomic mass is 9.87. The highest BCUT2D eigenvalue weighted by Gasteiger charge is 2.27. The van der Waals surface area contributed by atoms with Crippen LogP contribution in [0.5, 0.6) is 11.5 Å². The number of carboxylic acids is 1. The van der Waals surface area contributed by atoms with Gasteiger partial charge in [-0.2, -0.15) is 0 Å². The Labute approximate surface area is 260 Å². The second-order valence-corrected chi connectivity index (χ2v) is 11.4. The van der Waals surface area contributed by atoms with E-state index in [2.05, 4.69) is 10.3 Å². The van der Waals surface area contributed by atoms with Gasteiger partial charge in [0.05, 0.1) is 12.7 Å². The van der Waals surface area contributed by atoms with E-state index < -0.39 is 17.7 Å². The molecule has 8 nitrogen and oxygen atoms in total. The first-order valence-electron chi connectivity index (χ1n) is 13.9. The van der Waals surface area contributed by atoms with Crippen molar-refractivity contribution in [3.8, 4) is 44.2 Å². The van der Waals surface area contributed by atoms with Crippen LogP contribution in [0.4, 0.5) is 15.9 Å². The first-order valence-corrected chi connectivity index (χ1v) is 14.7. The van der Waals surface area contributed by atoms with Gasteiger partial charge in [-0.25, -0.2) is 14.2 Å². The zero-order chi connectivity index (χ0) is 31.2. The molecule has 0 aliphatic carbocycles. The molecule has 3 heterocycles. The van der Waals surface area contributed by atoms with Crippen molar-refractivity contribution >= 4 is 45.5 Å². The topological polar surface area (TPSA) is 124 Å². The van der Waals surface area contributed by atoms with Crippen LogP contribution in [0.1, 0.15) is 26.3 Å². The van der Waals surface area contributed by atoms with Crippen molar-refractivity contribution in [1.29, 1.82) is 0 Å². The number of ether oxygens (including phenoxy) is 2. The molecule has 10 heteroatoms. The molecule has 45 heavy (non-hydrogen) atoms. The summed E-state index contributed by atoms with van der Waals surface area (Å²) in [7, 11) is 1.52. The van der Waals surface area contributed by atoms with E-state index in [1.165, 1.54) is 42.7 Å². The van der Waals surface area contributed by atoms with Crippen molar-refractivity contribution in [3.05, 3.63) is 113 Å². The maximum atomic E-state index is 14.2. The number of nitrogens with one attached hydrogen (secondary N) is 1. The van der Waals surface area contributed by atoms with E-state index in [1.54, 1.807) is 48.7 Å². The van der Waals surface area contributed by atoms with Crippen LogP contribution in [-0.2, 0) is 6.61 Å². The van der Waals surface area contributed by atoms with E-state index in [9.17, 15) is 19.1 Å². The molecule has 0 unspecified atom stereocenters. The Hall–Kier alpha value is -5.74. The van der Waals surface area contributed by atoms with Gasteiger partial charge in [-0.15, -0.1) is 11.3 Å². The molecule has 0 atom stereocenters. The Balaban J connectivity index is 1.41. The van der Waals surface area contributed by atoms with Crippen LogP contribution in [0.25, 0.3) is 43.5 Å². The monoisotopic (exact) mass is 617 g/mol. The maximum Gasteiger partial charge on any atom is 0.336 e. The van der Waals surface area contributed by atoms with Gasteiger partial charge in [-0.1, -0.05) is 6.07 Å². The Bertz CT molecular complexity index is 2160. The van der Waals surface area contributed by atoms with Crippen molar-refractivity contribution < 1.29 is 28.6 Å². The Morgan fingerprint density at radius 1 is 0.956 bits per heavy atom. The molecule has 0 bridgehead atoms. The minimum absolute atomic E-state index is 0.0560. The summed E-state index contributed by atoms with van der Waals surface area (Å²) in [5, 5.41) is 16.8. The number of rotatable bonds is 6. The number of anilines is 2. The molecular weight excluding hydrogens is 593 g/mol. The number of hydrogen-bond donors (Lipinski definition) is 3. The number of halogens is 1. The Kier molecular flexibility index (Phi) is 6.90. The zero-order valence-corrected chi connectivity index (χ0v) is 24.6. The summed E-state index contributed by atoms with van der Waals surface area (Å²) >= 11 is 1.48. The van der Waals surface area contributed by atoms with Crippen LogP contribution in [-0.4, -0.2) is 29.1 Å². The molecule has 222 valence electrons. The Morgan fingerprint density at radius 2 is 1.78 bits per heavy atom. The van der Waals surface area contributed by atoms with Gasteiger partial charge in [0.1, 0.15) is 29.7 Å². The van der Waals surface area contributed by atoms with E-state index in [0.29, 0.717) is 56.4 Å². The van der Waals surface area contributed by atoms with E-state index in [-0.39, 0.29) is 17.7 Å². The van der Waals surface area contributed by atoms with Crippen LogP contribution >= 0.6 is 11.3 Å². The molecule has 0 saturated heterocycles. The van der Waals surface area contributed by atoms with Crippen LogP contribution in [0.15, 0.2) is 90.4 Å². The van der Waals surface area contributed by atoms with Crippen molar-refractivity contribution in [2.75, 3.05) is 18.2 Å². The highest BCUT2D eigenvalue weighted by Crippen LogP contribution is 2.44. The van der Waals surface area contributed by atoms with Gasteiger partial charge in [0.2, 0.25) is 0 Å². The molecule has 1 amide bonds. The summed E-state index contributed by atoms with van der Waals surface area (Å²) in [6, 6.07) is 21.7. The van der Waals surface area contributed by atoms with Crippen LogP contribution in [0.3, 0.4) is 0 Å². The molecule has 4 aromatic carbocycles. The summed E-state index contributed by atoms with van der Waals surface area (Å²) in [6.45, 7) is 0.141. The predicted molar refractivity (Wildman–Crippen MR) is 173 cm³/mol. The van der Waals surface area contributed by atoms with Gasteiger partial charge in [-0.3, -0.25) is 4.79 Å². The number of carbonyl (C=O) groups excluding carboxylic acids is 1. The first-order chi connectivity index (χ1) is 21.8. The zero-order valence-electron chi connectivity index (χ0n) is 23.8. The average Bonchev–Trinajstić information content (AvgIpc) is 3.58. The van der Waals surface area contributed by atoms with Crippen LogP contribution in [0.2, 0.25) is 0 Å². The minimum Gasteiger partial charge on any atom is -0.496 e. The van der Waals surface area contributed by atoms with Gasteiger partial charge in [0.25, 0.3) is 5.91 Å². The number of nitrogens with two attached hydrogens (primary N) is 1. The smallest absolute Gasteiger partial charge is 0.336 e. The van der Waals surface area contributed by atoms with E-state index in [4.69, 9.17) is 15.2 Å². The summed E-state index contributed by atoms with van der Waals surface area (Å²) in [5.41, 5.74) is 9.70. The fourth-order valence-electron chi connectivity index (χ4n) is 5.67. The second-order valence-electron chi connectivity index (χ2n) is 10.5. The number of amides is 1. The average molecular weight is 618 g/mol. The van der Waals surface area contributed by atoms with Gasteiger partial charge < -0.3 is 25.6 Å². The number of pyridine rings is 1. The highest BCUT2D eigenvalue weighted by atomic mass is 32.1. The van der Waals surface area contributed by atoms with E-state index in [0.717, 1.165) is 15.6 Å². The molecule has 2 aromatic heterocycles. The number of aromatic nitrogens is 1. The van der Waals surface area contributed by atoms with Gasteiger partial charge in [-0.05, 0) is 106 Å². The van der Waals surface area contributed by atoms with Crippen molar-refractivity contribution in [3.63, 3.8) is 0 Å². The lowest BCUT2D eigenvalue weighted by Gasteiger charge is -2.24. The molecule has 6 aromatic rings. The quantitative estimate of drug-likeness (QED) is 0.174. The number of nitrogen functional groups attached to an aromatic ring is 1. The fraction of sp³-hybridized carbons (Fsp3) is 0.0571. The standard InChI is InChI=1S/C35H24FN3O5S/c1-43-31-16-25(24-12-19-17-44-30-7-4-20(36)13-26(30)23(19)14-28(24)35(41)42)27(15-29(31)32-3-2-10-45-32)34(40)39-21-5-6-22-18(11-21)8-9-38-33(22)37/h2-16H,17H2,1H3,(H2,37,38)(H,39,40)(H,41,42). The number of benzene rings is 4. The molecule has 0 radical (unpaired) electrons. The first kappa shape index (κ1) is 28.1. The highest BCUT2D eigenvalue weighted by molar-refractivity contribution is 7.13. The third-order valence-electron chi connectivity index (χ3n) is 7.80. The summed E-state index contributed by atoms with van der Waals surface area (Å²) < 4.78 is 25.9. The van der Waals surface area contributed by atoms with Crippen molar-refractivity contribution in [1.82, 2.24) is 4.98 Å². The number of nitrogens with zero attached hydrogens (tertiary/aromatic N) is 1. The number of aromatic carboxylic acids is 1. The summed E-state index contributed by atoms with van der Waals surface area (Å²) in [5.74, 6) is -0.813. The number of fused-ring (bicyclic) bond motifs is 4. The summed E-state index contributed by atoms with van der Waals surface area (Å²) in [6.07, 6.45) is 1.60. The van der Waals surface area contributed by atoms with Crippen LogP contribution in [0, 0.1) is 5.82 Å². The summed E-state index contributed by atoms with van der Waals surface area (Å²) in [4.78, 5) is 31.8. The van der Waals surface area contributed by atoms with Gasteiger partial charge >= 0.3 is 5.97 Å². The SMILES string of the molecule is COc1cc(-c2cc3c(cc2C(=O)O)-c2cc(F)ccc2OC3)c(C(=O)Nc2ccc3c(N)nccc3c2)cc1-c1cccs1. The molecule has 4 N–H and O–H groups in total. The Morgan fingerprint density at radius 3 is 2.56 bits per heavy atom. The predicted octanol–water partition coefficient (Wildman–Crippen LogP) is 7.87. The molecule has 0 saturated carbocycles. The number of thiophene rings is 1. The fourth-order valence-corrected chi connectivity index (χ4v) is 6.42. The third kappa shape index (κ3) is 5.00. The molecule has 0 fully saturated rings. The number of methoxy groups -OCH3 is 1. The maximum absolute atomic E-state index is 14.2. The third-order valence-corrected chi connectivity index (χ3v) is 8.71. The molecular formula is C35H24FN3O5S. The molecule has 7 rings (SSSR count). The number of carbonyl (C=O) groups is 2. The molecule has 0 spiro atoms. The van der Waals surface area contributed by atoms with Crippen molar-refractivity contribution in [2.24, 2.45) is 0 Å². The number of carboxylic acid groups (broad SMARTS) is 1. The molecule has 1 aliphatic rings. The normalized spacial score (nSPS) is 11.8. The lowest BCUT2D eigenvalue weighted by Crippen LogP contribution is -2.15. The van der Waals surface area contributed by atoms with Gasteiger partial charge in [0.15, 0.2) is 0 Å². The van der Waals surface area contributed by atoms with E-state index in [1.807, 2.05) is 17.5 Å².